The van der Waals surface area contributed by atoms with Gasteiger partial charge in [0, 0.05) is 18.8 Å². The van der Waals surface area contributed by atoms with Gasteiger partial charge in [0.15, 0.2) is 5.65 Å². The van der Waals surface area contributed by atoms with Gasteiger partial charge in [-0.2, -0.15) is 0 Å². The molecule has 1 fully saturated rings. The number of hydrogen-bond acceptors (Lipinski definition) is 5. The maximum absolute atomic E-state index is 12.5. The number of nitrogens with one attached hydrogen (secondary N) is 1. The molecular weight excluding hydrogens is 318 g/mol. The molecule has 3 aromatic rings. The van der Waals surface area contributed by atoms with E-state index in [0.29, 0.717) is 13.1 Å². The molecule has 4 rings (SSSR count). The molecule has 3 aromatic heterocycles. The summed E-state index contributed by atoms with van der Waals surface area (Å²) in [6.07, 6.45) is 3.46. The summed E-state index contributed by atoms with van der Waals surface area (Å²) >= 11 is 0. The van der Waals surface area contributed by atoms with Gasteiger partial charge in [-0.3, -0.25) is 9.20 Å². The average Bonchev–Trinajstić information content (AvgIpc) is 3.30. The molecule has 0 saturated carbocycles. The van der Waals surface area contributed by atoms with E-state index in [-0.39, 0.29) is 11.8 Å². The second-order valence-corrected chi connectivity index (χ2v) is 6.44. The van der Waals surface area contributed by atoms with Crippen LogP contribution < -0.4 is 10.2 Å². The Morgan fingerprint density at radius 3 is 3.08 bits per heavy atom. The second kappa shape index (κ2) is 6.58. The molecule has 1 atom stereocenters. The lowest BCUT2D eigenvalue weighted by atomic mass is 9.97. The minimum atomic E-state index is -0.0555. The number of carbonyl (C=O) groups is 1. The van der Waals surface area contributed by atoms with E-state index in [1.54, 1.807) is 6.26 Å². The minimum Gasteiger partial charge on any atom is -0.467 e. The zero-order chi connectivity index (χ0) is 17.2. The lowest BCUT2D eigenvalue weighted by molar-refractivity contribution is -0.125. The smallest absolute Gasteiger partial charge is 0.231 e. The van der Waals surface area contributed by atoms with Gasteiger partial charge >= 0.3 is 0 Å². The first-order valence-corrected chi connectivity index (χ1v) is 8.58. The van der Waals surface area contributed by atoms with E-state index in [2.05, 4.69) is 20.4 Å². The molecule has 1 aliphatic rings. The summed E-state index contributed by atoms with van der Waals surface area (Å²) in [5.41, 5.74) is 1.92. The normalized spacial score (nSPS) is 17.8. The van der Waals surface area contributed by atoms with Crippen LogP contribution in [0.2, 0.25) is 0 Å². The van der Waals surface area contributed by atoms with Crippen LogP contribution in [0.5, 0.6) is 0 Å². The maximum atomic E-state index is 12.5. The highest BCUT2D eigenvalue weighted by atomic mass is 16.3. The summed E-state index contributed by atoms with van der Waals surface area (Å²) in [4.78, 5) is 14.7. The summed E-state index contributed by atoms with van der Waals surface area (Å²) in [6, 6.07) is 9.64. The van der Waals surface area contributed by atoms with Gasteiger partial charge in [0.2, 0.25) is 11.9 Å². The lowest BCUT2D eigenvalue weighted by Gasteiger charge is -2.32. The molecule has 0 radical (unpaired) electrons. The summed E-state index contributed by atoms with van der Waals surface area (Å²) < 4.78 is 7.31. The minimum absolute atomic E-state index is 0.0555. The Balaban J connectivity index is 1.47. The number of amides is 1. The summed E-state index contributed by atoms with van der Waals surface area (Å²) in [7, 11) is 0. The van der Waals surface area contributed by atoms with E-state index in [1.165, 1.54) is 0 Å². The number of rotatable bonds is 4. The molecule has 0 bridgehead atoms. The predicted octanol–water partition coefficient (Wildman–Crippen LogP) is 2.16. The van der Waals surface area contributed by atoms with Crippen LogP contribution in [0.25, 0.3) is 5.65 Å². The largest absolute Gasteiger partial charge is 0.467 e. The third-order valence-corrected chi connectivity index (χ3v) is 4.70. The van der Waals surface area contributed by atoms with Gasteiger partial charge in [-0.05, 0) is 44.0 Å². The van der Waals surface area contributed by atoms with Crippen LogP contribution in [0.3, 0.4) is 0 Å². The standard InChI is InChI=1S/C18H21N5O2/c1-13-5-2-8-16-20-21-18(23(13)16)22-9-3-6-14(12-22)17(24)19-11-15-7-4-10-25-15/h2,4-5,7-8,10,14H,3,6,9,11-12H2,1H3,(H,19,24). The van der Waals surface area contributed by atoms with E-state index in [9.17, 15) is 4.79 Å². The molecule has 1 N–H and O–H groups in total. The molecule has 0 spiro atoms. The van der Waals surface area contributed by atoms with E-state index < -0.39 is 0 Å². The number of furan rings is 1. The SMILES string of the molecule is Cc1cccc2nnc(N3CCCC(C(=O)NCc4ccco4)C3)n12. The van der Waals surface area contributed by atoms with Gasteiger partial charge in [0.25, 0.3) is 0 Å². The fourth-order valence-corrected chi connectivity index (χ4v) is 3.39. The monoisotopic (exact) mass is 339 g/mol. The first-order chi connectivity index (χ1) is 12.2. The summed E-state index contributed by atoms with van der Waals surface area (Å²) in [5, 5.41) is 11.6. The molecule has 1 saturated heterocycles. The van der Waals surface area contributed by atoms with Crippen molar-refractivity contribution in [3.05, 3.63) is 48.0 Å². The number of pyridine rings is 1. The van der Waals surface area contributed by atoms with Crippen LogP contribution >= 0.6 is 0 Å². The molecule has 0 aromatic carbocycles. The number of hydrogen-bond donors (Lipinski definition) is 1. The molecule has 130 valence electrons. The molecule has 25 heavy (non-hydrogen) atoms. The number of fused-ring (bicyclic) bond motifs is 1. The van der Waals surface area contributed by atoms with Crippen LogP contribution in [0.4, 0.5) is 5.95 Å². The quantitative estimate of drug-likeness (QED) is 0.788. The van der Waals surface area contributed by atoms with Gasteiger partial charge in [0.05, 0.1) is 18.7 Å². The van der Waals surface area contributed by atoms with Crippen LogP contribution in [0.1, 0.15) is 24.3 Å². The Bertz CT molecular complexity index is 871. The zero-order valence-electron chi connectivity index (χ0n) is 14.2. The summed E-state index contributed by atoms with van der Waals surface area (Å²) in [6.45, 7) is 4.00. The molecule has 0 aliphatic carbocycles. The predicted molar refractivity (Wildman–Crippen MR) is 93.2 cm³/mol. The van der Waals surface area contributed by atoms with E-state index in [0.717, 1.165) is 42.4 Å². The van der Waals surface area contributed by atoms with Crippen molar-refractivity contribution in [2.24, 2.45) is 5.92 Å². The van der Waals surface area contributed by atoms with Crippen LogP contribution in [0.15, 0.2) is 41.0 Å². The van der Waals surface area contributed by atoms with Gasteiger partial charge in [-0.1, -0.05) is 6.07 Å². The highest BCUT2D eigenvalue weighted by Gasteiger charge is 2.28. The van der Waals surface area contributed by atoms with Crippen molar-refractivity contribution in [3.63, 3.8) is 0 Å². The van der Waals surface area contributed by atoms with Crippen molar-refractivity contribution >= 4 is 17.5 Å². The molecule has 1 unspecified atom stereocenters. The van der Waals surface area contributed by atoms with Gasteiger partial charge in [0.1, 0.15) is 5.76 Å². The Morgan fingerprint density at radius 2 is 2.24 bits per heavy atom. The van der Waals surface area contributed by atoms with Gasteiger partial charge in [-0.25, -0.2) is 0 Å². The second-order valence-electron chi connectivity index (χ2n) is 6.44. The third kappa shape index (κ3) is 3.09. The van der Waals surface area contributed by atoms with Crippen LogP contribution in [0, 0.1) is 12.8 Å². The highest BCUT2D eigenvalue weighted by Crippen LogP contribution is 2.23. The first kappa shape index (κ1) is 15.7. The van der Waals surface area contributed by atoms with E-state index >= 15 is 0 Å². The summed E-state index contributed by atoms with van der Waals surface area (Å²) in [5.74, 6) is 1.59. The van der Waals surface area contributed by atoms with Gasteiger partial charge < -0.3 is 14.6 Å². The number of aromatic nitrogens is 3. The molecule has 7 nitrogen and oxygen atoms in total. The fourth-order valence-electron chi connectivity index (χ4n) is 3.39. The zero-order valence-corrected chi connectivity index (χ0v) is 14.2. The topological polar surface area (TPSA) is 75.7 Å². The molecule has 1 amide bonds. The Labute approximate surface area is 145 Å². The number of anilines is 1. The highest BCUT2D eigenvalue weighted by molar-refractivity contribution is 5.79. The van der Waals surface area contributed by atoms with Crippen molar-refractivity contribution in [2.75, 3.05) is 18.0 Å². The molecule has 7 heteroatoms. The van der Waals surface area contributed by atoms with Crippen molar-refractivity contribution in [3.8, 4) is 0 Å². The van der Waals surface area contributed by atoms with Crippen molar-refractivity contribution in [2.45, 2.75) is 26.3 Å². The third-order valence-electron chi connectivity index (χ3n) is 4.70. The number of nitrogens with zero attached hydrogens (tertiary/aromatic N) is 4. The van der Waals surface area contributed by atoms with Crippen molar-refractivity contribution < 1.29 is 9.21 Å². The molecule has 4 heterocycles. The molecular formula is C18H21N5O2. The Morgan fingerprint density at radius 1 is 1.32 bits per heavy atom. The number of aryl methyl sites for hydroxylation is 1. The van der Waals surface area contributed by atoms with Crippen LogP contribution in [-0.4, -0.2) is 33.6 Å². The van der Waals surface area contributed by atoms with E-state index in [4.69, 9.17) is 4.42 Å². The number of piperidine rings is 1. The fraction of sp³-hybridized carbons (Fsp3) is 0.389. The van der Waals surface area contributed by atoms with Crippen LogP contribution in [-0.2, 0) is 11.3 Å². The number of carbonyl (C=O) groups excluding carboxylic acids is 1. The Kier molecular flexibility index (Phi) is 4.13. The van der Waals surface area contributed by atoms with E-state index in [1.807, 2.05) is 41.7 Å². The Hall–Kier alpha value is -2.83. The average molecular weight is 339 g/mol. The van der Waals surface area contributed by atoms with Gasteiger partial charge in [-0.15, -0.1) is 10.2 Å². The van der Waals surface area contributed by atoms with Crippen molar-refractivity contribution in [1.82, 2.24) is 19.9 Å². The first-order valence-electron chi connectivity index (χ1n) is 8.58. The lowest BCUT2D eigenvalue weighted by Crippen LogP contribution is -2.43. The molecule has 1 aliphatic heterocycles. The maximum Gasteiger partial charge on any atom is 0.231 e. The van der Waals surface area contributed by atoms with Crippen molar-refractivity contribution in [1.29, 1.82) is 0 Å².